The molecule has 0 radical (unpaired) electrons. The van der Waals surface area contributed by atoms with E-state index in [1.54, 1.807) is 0 Å². The minimum Gasteiger partial charge on any atom is -0.369 e. The average molecular weight is 321 g/mol. The Bertz CT molecular complexity index is 601. The second kappa shape index (κ2) is 6.93. The summed E-state index contributed by atoms with van der Waals surface area (Å²) in [4.78, 5) is 26.8. The van der Waals surface area contributed by atoms with Gasteiger partial charge >= 0.3 is 5.69 Å². The summed E-state index contributed by atoms with van der Waals surface area (Å²) in [5, 5.41) is 3.29. The Balaban J connectivity index is 1.97. The van der Waals surface area contributed by atoms with Crippen LogP contribution in [0.1, 0.15) is 72.8 Å². The van der Waals surface area contributed by atoms with Crippen LogP contribution in [0.25, 0.3) is 0 Å². The van der Waals surface area contributed by atoms with Crippen LogP contribution in [-0.4, -0.2) is 15.6 Å². The first-order valence-electron chi connectivity index (χ1n) is 8.80. The number of H-pyrrole nitrogens is 1. The van der Waals surface area contributed by atoms with Crippen LogP contribution in [-0.2, 0) is 0 Å². The minimum absolute atomic E-state index is 0.136. The zero-order chi connectivity index (χ0) is 17.2. The van der Waals surface area contributed by atoms with E-state index >= 15 is 0 Å². The summed E-state index contributed by atoms with van der Waals surface area (Å²) >= 11 is 0. The van der Waals surface area contributed by atoms with Gasteiger partial charge in [-0.1, -0.05) is 13.8 Å². The molecule has 1 aliphatic carbocycles. The fourth-order valence-electron chi connectivity index (χ4n) is 3.59. The van der Waals surface area contributed by atoms with Gasteiger partial charge < -0.3 is 5.32 Å². The van der Waals surface area contributed by atoms with Crippen molar-refractivity contribution in [2.24, 2.45) is 11.3 Å². The quantitative estimate of drug-likeness (QED) is 0.872. The Morgan fingerprint density at radius 3 is 2.39 bits per heavy atom. The minimum atomic E-state index is -0.346. The van der Waals surface area contributed by atoms with Crippen LogP contribution in [0.5, 0.6) is 0 Å². The van der Waals surface area contributed by atoms with Crippen molar-refractivity contribution >= 4 is 5.82 Å². The molecule has 0 saturated heterocycles. The zero-order valence-electron chi connectivity index (χ0n) is 15.1. The maximum atomic E-state index is 12.0. The lowest BCUT2D eigenvalue weighted by molar-refractivity contribution is 0.182. The molecule has 23 heavy (non-hydrogen) atoms. The third-order valence-corrected chi connectivity index (χ3v) is 5.03. The molecule has 1 unspecified atom stereocenters. The summed E-state index contributed by atoms with van der Waals surface area (Å²) < 4.78 is 1.24. The van der Waals surface area contributed by atoms with E-state index in [0.717, 1.165) is 12.3 Å². The average Bonchev–Trinajstić information content (AvgIpc) is 2.39. The molecule has 1 aromatic rings. The Morgan fingerprint density at radius 1 is 1.26 bits per heavy atom. The summed E-state index contributed by atoms with van der Waals surface area (Å²) in [5.41, 5.74) is -0.112. The fourth-order valence-corrected chi connectivity index (χ4v) is 3.59. The molecule has 0 spiro atoms. The molecule has 130 valence electrons. The van der Waals surface area contributed by atoms with E-state index in [0.29, 0.717) is 11.2 Å². The van der Waals surface area contributed by atoms with E-state index in [1.165, 1.54) is 36.3 Å². The number of nitrogens with zero attached hydrogens (tertiary/aromatic N) is 1. The zero-order valence-corrected chi connectivity index (χ0v) is 15.1. The van der Waals surface area contributed by atoms with Gasteiger partial charge in [0.2, 0.25) is 0 Å². The molecule has 1 aliphatic rings. The molecule has 1 heterocycles. The van der Waals surface area contributed by atoms with Crippen LogP contribution in [0.4, 0.5) is 5.82 Å². The molecule has 2 N–H and O–H groups in total. The van der Waals surface area contributed by atoms with Crippen molar-refractivity contribution in [1.29, 1.82) is 0 Å². The van der Waals surface area contributed by atoms with Gasteiger partial charge in [-0.2, -0.15) is 0 Å². The second-order valence-electron chi connectivity index (χ2n) is 8.18. The molecular formula is C18H31N3O2. The number of aromatic nitrogens is 2. The van der Waals surface area contributed by atoms with Gasteiger partial charge in [0.15, 0.2) is 0 Å². The molecular weight excluding hydrogens is 290 g/mol. The van der Waals surface area contributed by atoms with E-state index in [4.69, 9.17) is 0 Å². The predicted octanol–water partition coefficient (Wildman–Crippen LogP) is 3.52. The van der Waals surface area contributed by atoms with Crippen molar-refractivity contribution in [2.75, 3.05) is 5.32 Å². The largest absolute Gasteiger partial charge is 0.369 e. The van der Waals surface area contributed by atoms with Crippen LogP contribution in [0.2, 0.25) is 0 Å². The Labute approximate surface area is 138 Å². The maximum absolute atomic E-state index is 12.0. The number of hydrogen-bond donors (Lipinski definition) is 2. The summed E-state index contributed by atoms with van der Waals surface area (Å²) in [6, 6.07) is 1.59. The number of anilines is 1. The van der Waals surface area contributed by atoms with Gasteiger partial charge in [-0.05, 0) is 64.2 Å². The van der Waals surface area contributed by atoms with E-state index in [2.05, 4.69) is 31.1 Å². The monoisotopic (exact) mass is 321 g/mol. The molecule has 1 saturated carbocycles. The first-order valence-corrected chi connectivity index (χ1v) is 8.80. The molecule has 5 nitrogen and oxygen atoms in total. The van der Waals surface area contributed by atoms with Crippen molar-refractivity contribution in [3.8, 4) is 0 Å². The van der Waals surface area contributed by atoms with E-state index in [9.17, 15) is 9.59 Å². The molecule has 1 atom stereocenters. The Kier molecular flexibility index (Phi) is 5.37. The first kappa shape index (κ1) is 17.8. The van der Waals surface area contributed by atoms with E-state index in [1.807, 2.05) is 13.8 Å². The summed E-state index contributed by atoms with van der Waals surface area (Å²) in [6.45, 7) is 10.5. The highest BCUT2D eigenvalue weighted by molar-refractivity contribution is 5.33. The third kappa shape index (κ3) is 4.72. The van der Waals surface area contributed by atoms with Crippen molar-refractivity contribution in [1.82, 2.24) is 9.55 Å². The lowest BCUT2D eigenvalue weighted by Gasteiger charge is -2.35. The number of nitrogens with one attached hydrogen (secondary N) is 2. The molecule has 1 aromatic heterocycles. The molecule has 5 heteroatoms. The van der Waals surface area contributed by atoms with Crippen molar-refractivity contribution in [3.63, 3.8) is 0 Å². The molecule has 0 bridgehead atoms. The van der Waals surface area contributed by atoms with Crippen molar-refractivity contribution < 1.29 is 0 Å². The first-order chi connectivity index (χ1) is 10.7. The third-order valence-electron chi connectivity index (χ3n) is 5.03. The lowest BCUT2D eigenvalue weighted by Crippen LogP contribution is -2.37. The fraction of sp³-hybridized carbons (Fsp3) is 0.778. The molecule has 2 rings (SSSR count). The molecule has 1 fully saturated rings. The van der Waals surface area contributed by atoms with Gasteiger partial charge in [-0.3, -0.25) is 14.3 Å². The smallest absolute Gasteiger partial charge is 0.330 e. The van der Waals surface area contributed by atoms with Crippen LogP contribution < -0.4 is 16.6 Å². The highest BCUT2D eigenvalue weighted by Crippen LogP contribution is 2.39. The highest BCUT2D eigenvalue weighted by Gasteiger charge is 2.27. The normalized spacial score (nSPS) is 19.7. The van der Waals surface area contributed by atoms with Crippen LogP contribution >= 0.6 is 0 Å². The number of aromatic amines is 1. The molecule has 0 aliphatic heterocycles. The predicted molar refractivity (Wildman–Crippen MR) is 95.1 cm³/mol. The van der Waals surface area contributed by atoms with E-state index < -0.39 is 0 Å². The van der Waals surface area contributed by atoms with Crippen molar-refractivity contribution in [2.45, 2.75) is 78.8 Å². The Hall–Kier alpha value is -1.52. The van der Waals surface area contributed by atoms with Gasteiger partial charge in [0.05, 0.1) is 0 Å². The van der Waals surface area contributed by atoms with E-state index in [-0.39, 0.29) is 23.3 Å². The maximum Gasteiger partial charge on any atom is 0.330 e. The second-order valence-corrected chi connectivity index (χ2v) is 8.18. The SMILES string of the molecule is CC(CC1CCC(C)(C)CC1)Nc1cc(=O)n(C(C)C)c(=O)[nH]1. The van der Waals surface area contributed by atoms with Gasteiger partial charge in [0, 0.05) is 18.2 Å². The number of hydrogen-bond acceptors (Lipinski definition) is 3. The van der Waals surface area contributed by atoms with Crippen molar-refractivity contribution in [3.05, 3.63) is 26.9 Å². The highest BCUT2D eigenvalue weighted by atomic mass is 16.2. The van der Waals surface area contributed by atoms with Gasteiger partial charge in [-0.15, -0.1) is 0 Å². The van der Waals surface area contributed by atoms with Crippen LogP contribution in [0.15, 0.2) is 15.7 Å². The lowest BCUT2D eigenvalue weighted by atomic mass is 9.72. The standard InChI is InChI=1S/C18H31N3O2/c1-12(2)21-16(22)11-15(20-17(21)23)19-13(3)10-14-6-8-18(4,5)9-7-14/h11-14,19H,6-10H2,1-5H3,(H,20,23). The topological polar surface area (TPSA) is 66.9 Å². The van der Waals surface area contributed by atoms with Gasteiger partial charge in [0.25, 0.3) is 5.56 Å². The molecule has 0 amide bonds. The van der Waals surface area contributed by atoms with Crippen LogP contribution in [0, 0.1) is 11.3 Å². The molecule has 0 aromatic carbocycles. The summed E-state index contributed by atoms with van der Waals surface area (Å²) in [6.07, 6.45) is 6.18. The number of rotatable bonds is 5. The summed E-state index contributed by atoms with van der Waals surface area (Å²) in [7, 11) is 0. The van der Waals surface area contributed by atoms with Crippen LogP contribution in [0.3, 0.4) is 0 Å². The van der Waals surface area contributed by atoms with Gasteiger partial charge in [0.1, 0.15) is 5.82 Å². The Morgan fingerprint density at radius 2 is 1.87 bits per heavy atom. The van der Waals surface area contributed by atoms with Gasteiger partial charge in [-0.25, -0.2) is 4.79 Å². The summed E-state index contributed by atoms with van der Waals surface area (Å²) in [5.74, 6) is 1.26.